The predicted molar refractivity (Wildman–Crippen MR) is 96.8 cm³/mol. The Kier molecular flexibility index (Phi) is 5.02. The van der Waals surface area contributed by atoms with Gasteiger partial charge >= 0.3 is 0 Å². The van der Waals surface area contributed by atoms with E-state index in [2.05, 4.69) is 20.7 Å². The molecule has 0 aliphatic rings. The third-order valence-corrected chi connectivity index (χ3v) is 3.76. The summed E-state index contributed by atoms with van der Waals surface area (Å²) in [5.74, 6) is -0.890. The van der Waals surface area contributed by atoms with Crippen molar-refractivity contribution in [1.82, 2.24) is 15.6 Å². The number of aromatic nitrogens is 2. The lowest BCUT2D eigenvalue weighted by Gasteiger charge is -2.02. The minimum Gasteiger partial charge on any atom is -0.272 e. The molecular formula is C18H14FN5O3. The lowest BCUT2D eigenvalue weighted by molar-refractivity contribution is -0.384. The Morgan fingerprint density at radius 3 is 2.67 bits per heavy atom. The average molecular weight is 367 g/mol. The van der Waals surface area contributed by atoms with E-state index in [9.17, 15) is 19.3 Å². The number of hydrogen-bond donors (Lipinski definition) is 2. The molecule has 27 heavy (non-hydrogen) atoms. The van der Waals surface area contributed by atoms with Crippen LogP contribution in [0.4, 0.5) is 10.1 Å². The van der Waals surface area contributed by atoms with Crippen LogP contribution in [0.5, 0.6) is 0 Å². The summed E-state index contributed by atoms with van der Waals surface area (Å²) in [6.45, 7) is 1.62. The van der Waals surface area contributed by atoms with E-state index in [1.807, 2.05) is 0 Å². The second-order valence-corrected chi connectivity index (χ2v) is 5.62. The minimum atomic E-state index is -0.527. The summed E-state index contributed by atoms with van der Waals surface area (Å²) in [7, 11) is 0. The molecule has 0 saturated heterocycles. The number of H-pyrrole nitrogens is 1. The average Bonchev–Trinajstić information content (AvgIpc) is 3.16. The lowest BCUT2D eigenvalue weighted by atomic mass is 10.1. The van der Waals surface area contributed by atoms with E-state index in [4.69, 9.17) is 0 Å². The van der Waals surface area contributed by atoms with Crippen molar-refractivity contribution in [2.24, 2.45) is 5.10 Å². The summed E-state index contributed by atoms with van der Waals surface area (Å²) >= 11 is 0. The molecule has 3 rings (SSSR count). The molecule has 0 saturated carbocycles. The number of benzene rings is 2. The first-order chi connectivity index (χ1) is 12.9. The standard InChI is InChI=1S/C18H14FN5O3/c1-11(13-3-2-4-15(9-13)24(26)27)20-23-18(25)17-10-16(21-22-17)12-5-7-14(19)8-6-12/h2-10H,1H3,(H,21,22)(H,23,25)/b20-11+. The molecule has 0 atom stereocenters. The Bertz CT molecular complexity index is 1030. The van der Waals surface area contributed by atoms with Gasteiger partial charge in [-0.15, -0.1) is 0 Å². The molecule has 0 spiro atoms. The predicted octanol–water partition coefficient (Wildman–Crippen LogP) is 3.28. The number of nitro groups is 1. The van der Waals surface area contributed by atoms with E-state index in [0.29, 0.717) is 22.5 Å². The van der Waals surface area contributed by atoms with Gasteiger partial charge in [0.2, 0.25) is 0 Å². The number of carbonyl (C=O) groups excluding carboxylic acids is 1. The van der Waals surface area contributed by atoms with Crippen molar-refractivity contribution < 1.29 is 14.1 Å². The van der Waals surface area contributed by atoms with Gasteiger partial charge in [0.05, 0.1) is 16.3 Å². The Morgan fingerprint density at radius 1 is 1.22 bits per heavy atom. The fourth-order valence-corrected chi connectivity index (χ4v) is 2.31. The van der Waals surface area contributed by atoms with Gasteiger partial charge in [-0.3, -0.25) is 20.0 Å². The van der Waals surface area contributed by atoms with E-state index in [1.165, 1.54) is 36.4 Å². The van der Waals surface area contributed by atoms with Crippen LogP contribution < -0.4 is 5.43 Å². The summed E-state index contributed by atoms with van der Waals surface area (Å²) < 4.78 is 13.0. The topological polar surface area (TPSA) is 113 Å². The highest BCUT2D eigenvalue weighted by Crippen LogP contribution is 2.18. The number of halogens is 1. The van der Waals surface area contributed by atoms with Crippen molar-refractivity contribution in [3.63, 3.8) is 0 Å². The zero-order valence-electron chi connectivity index (χ0n) is 14.1. The number of carbonyl (C=O) groups is 1. The second-order valence-electron chi connectivity index (χ2n) is 5.62. The molecule has 0 fully saturated rings. The van der Waals surface area contributed by atoms with Crippen LogP contribution in [0.2, 0.25) is 0 Å². The van der Waals surface area contributed by atoms with Crippen molar-refractivity contribution in [2.75, 3.05) is 0 Å². The normalized spacial score (nSPS) is 11.3. The lowest BCUT2D eigenvalue weighted by Crippen LogP contribution is -2.19. The van der Waals surface area contributed by atoms with Gasteiger partial charge in [-0.05, 0) is 37.3 Å². The fraction of sp³-hybridized carbons (Fsp3) is 0.0556. The summed E-state index contributed by atoms with van der Waals surface area (Å²) in [5, 5.41) is 21.4. The van der Waals surface area contributed by atoms with Gasteiger partial charge in [-0.25, -0.2) is 9.82 Å². The largest absolute Gasteiger partial charge is 0.289 e. The van der Waals surface area contributed by atoms with Crippen LogP contribution in [0.3, 0.4) is 0 Å². The number of rotatable bonds is 5. The van der Waals surface area contributed by atoms with Gasteiger partial charge in [0.1, 0.15) is 11.5 Å². The highest BCUT2D eigenvalue weighted by atomic mass is 19.1. The third kappa shape index (κ3) is 4.21. The quantitative estimate of drug-likeness (QED) is 0.409. The second kappa shape index (κ2) is 7.56. The van der Waals surface area contributed by atoms with Gasteiger partial charge in [0.15, 0.2) is 0 Å². The molecule has 1 amide bonds. The summed E-state index contributed by atoms with van der Waals surface area (Å²) in [6, 6.07) is 13.2. The van der Waals surface area contributed by atoms with Crippen molar-refractivity contribution in [2.45, 2.75) is 6.92 Å². The van der Waals surface area contributed by atoms with Crippen LogP contribution in [-0.2, 0) is 0 Å². The van der Waals surface area contributed by atoms with Crippen molar-refractivity contribution in [3.8, 4) is 11.3 Å². The highest BCUT2D eigenvalue weighted by molar-refractivity contribution is 6.01. The molecule has 8 nitrogen and oxygen atoms in total. The first-order valence-electron chi connectivity index (χ1n) is 7.85. The molecular weight excluding hydrogens is 353 g/mol. The van der Waals surface area contributed by atoms with Crippen LogP contribution >= 0.6 is 0 Å². The number of nitrogens with one attached hydrogen (secondary N) is 2. The van der Waals surface area contributed by atoms with Gasteiger partial charge < -0.3 is 0 Å². The summed E-state index contributed by atoms with van der Waals surface area (Å²) in [6.07, 6.45) is 0. The number of aromatic amines is 1. The van der Waals surface area contributed by atoms with Gasteiger partial charge in [-0.2, -0.15) is 10.2 Å². The molecule has 0 radical (unpaired) electrons. The molecule has 136 valence electrons. The molecule has 0 aliphatic heterocycles. The minimum absolute atomic E-state index is 0.0640. The molecule has 1 heterocycles. The monoisotopic (exact) mass is 367 g/mol. The smallest absolute Gasteiger partial charge is 0.272 e. The van der Waals surface area contributed by atoms with Crippen molar-refractivity contribution >= 4 is 17.3 Å². The summed E-state index contributed by atoms with van der Waals surface area (Å²) in [4.78, 5) is 22.5. The number of non-ortho nitro benzene ring substituents is 1. The maximum atomic E-state index is 13.0. The number of nitrogens with zero attached hydrogens (tertiary/aromatic N) is 3. The molecule has 9 heteroatoms. The van der Waals surface area contributed by atoms with Crippen LogP contribution in [0, 0.1) is 15.9 Å². The van der Waals surface area contributed by atoms with E-state index in [0.717, 1.165) is 0 Å². The molecule has 2 aromatic carbocycles. The zero-order valence-corrected chi connectivity index (χ0v) is 14.1. The summed E-state index contributed by atoms with van der Waals surface area (Å²) in [5.41, 5.74) is 4.54. The molecule has 2 N–H and O–H groups in total. The van der Waals surface area contributed by atoms with Crippen LogP contribution in [0.25, 0.3) is 11.3 Å². The van der Waals surface area contributed by atoms with Crippen LogP contribution in [-0.4, -0.2) is 26.7 Å². The molecule has 0 aliphatic carbocycles. The van der Waals surface area contributed by atoms with E-state index >= 15 is 0 Å². The van der Waals surface area contributed by atoms with E-state index in [1.54, 1.807) is 25.1 Å². The molecule has 0 unspecified atom stereocenters. The highest BCUT2D eigenvalue weighted by Gasteiger charge is 2.12. The van der Waals surface area contributed by atoms with Gasteiger partial charge in [0.25, 0.3) is 11.6 Å². The number of hydrazone groups is 1. The van der Waals surface area contributed by atoms with Crippen molar-refractivity contribution in [3.05, 3.63) is 81.8 Å². The first-order valence-corrected chi connectivity index (χ1v) is 7.85. The van der Waals surface area contributed by atoms with Crippen molar-refractivity contribution in [1.29, 1.82) is 0 Å². The fourth-order valence-electron chi connectivity index (χ4n) is 2.31. The number of amides is 1. The number of nitro benzene ring substituents is 1. The van der Waals surface area contributed by atoms with Crippen LogP contribution in [0.15, 0.2) is 59.7 Å². The molecule has 3 aromatic rings. The first kappa shape index (κ1) is 17.9. The Morgan fingerprint density at radius 2 is 1.96 bits per heavy atom. The SMILES string of the molecule is C/C(=N\NC(=O)c1cc(-c2ccc(F)cc2)n[nH]1)c1cccc([N+](=O)[O-])c1. The molecule has 0 bridgehead atoms. The third-order valence-electron chi connectivity index (χ3n) is 3.76. The number of hydrogen-bond acceptors (Lipinski definition) is 5. The Hall–Kier alpha value is -3.88. The van der Waals surface area contributed by atoms with Gasteiger partial charge in [-0.1, -0.05) is 12.1 Å². The zero-order chi connectivity index (χ0) is 19.4. The van der Waals surface area contributed by atoms with Crippen LogP contribution in [0.1, 0.15) is 23.0 Å². The Labute approximate surface area is 152 Å². The van der Waals surface area contributed by atoms with E-state index < -0.39 is 10.8 Å². The van der Waals surface area contributed by atoms with Gasteiger partial charge in [0, 0.05) is 23.3 Å². The van der Waals surface area contributed by atoms with E-state index in [-0.39, 0.29) is 17.2 Å². The Balaban J connectivity index is 1.72. The maximum Gasteiger partial charge on any atom is 0.289 e. The molecule has 1 aromatic heterocycles. The maximum absolute atomic E-state index is 13.0.